The molecule has 2 aromatic heterocycles. The van der Waals surface area contributed by atoms with Gasteiger partial charge < -0.3 is 13.9 Å². The Kier molecular flexibility index (Phi) is 5.39. The van der Waals surface area contributed by atoms with Crippen LogP contribution in [-0.4, -0.2) is 23.1 Å². The molecule has 5 rings (SSSR count). The Hall–Kier alpha value is -2.90. The average Bonchev–Trinajstić information content (AvgIpc) is 2.75. The lowest BCUT2D eigenvalue weighted by Gasteiger charge is -2.31. The predicted octanol–water partition coefficient (Wildman–Crippen LogP) is 5.27. The van der Waals surface area contributed by atoms with Crippen LogP contribution < -0.4 is 11.3 Å². The smallest absolute Gasteiger partial charge is 0.344 e. The summed E-state index contributed by atoms with van der Waals surface area (Å²) in [7, 11) is 0. The molecule has 6 nitrogen and oxygen atoms in total. The average molecular weight is 496 g/mol. The van der Waals surface area contributed by atoms with Crippen LogP contribution in [0.5, 0.6) is 5.75 Å². The zero-order valence-corrected chi connectivity index (χ0v) is 19.1. The summed E-state index contributed by atoms with van der Waals surface area (Å²) in [6, 6.07) is 11.7. The first-order chi connectivity index (χ1) is 15.4. The fourth-order valence-corrected chi connectivity index (χ4v) is 4.96. The Morgan fingerprint density at radius 3 is 2.75 bits per heavy atom. The van der Waals surface area contributed by atoms with Gasteiger partial charge in [-0.2, -0.15) is 0 Å². The van der Waals surface area contributed by atoms with Gasteiger partial charge in [-0.25, -0.2) is 9.59 Å². The molecular weight excluding hydrogens is 474 g/mol. The first-order valence-corrected chi connectivity index (χ1v) is 11.4. The van der Waals surface area contributed by atoms with Crippen molar-refractivity contribution in [3.63, 3.8) is 0 Å². The summed E-state index contributed by atoms with van der Waals surface area (Å²) in [5.74, 6) is 0.649. The number of likely N-dealkylation sites (tertiary alicyclic amines) is 1. The lowest BCUT2D eigenvalue weighted by molar-refractivity contribution is 0.175. The van der Waals surface area contributed by atoms with Crippen molar-refractivity contribution < 1.29 is 13.9 Å². The van der Waals surface area contributed by atoms with Gasteiger partial charge in [0.05, 0.1) is 11.1 Å². The van der Waals surface area contributed by atoms with Crippen molar-refractivity contribution in [1.82, 2.24) is 4.90 Å². The molecule has 2 aromatic carbocycles. The SMILES string of the molecule is C[C@H]1CCCN(Cc2c(O)ccc3c(-c4cc5cc(Br)ccc5oc4=O)cc(=O)oc23)C1. The molecule has 1 N–H and O–H groups in total. The van der Waals surface area contributed by atoms with Gasteiger partial charge in [-0.15, -0.1) is 0 Å². The molecule has 1 saturated heterocycles. The van der Waals surface area contributed by atoms with Crippen LogP contribution >= 0.6 is 15.9 Å². The van der Waals surface area contributed by atoms with E-state index in [1.165, 1.54) is 12.5 Å². The highest BCUT2D eigenvalue weighted by molar-refractivity contribution is 9.10. The topological polar surface area (TPSA) is 83.9 Å². The molecule has 0 saturated carbocycles. The van der Waals surface area contributed by atoms with Crippen LogP contribution in [0.2, 0.25) is 0 Å². The molecular formula is C25H22BrNO5. The fraction of sp³-hybridized carbons (Fsp3) is 0.280. The van der Waals surface area contributed by atoms with Crippen LogP contribution in [0, 0.1) is 5.92 Å². The van der Waals surface area contributed by atoms with Gasteiger partial charge in [0.25, 0.3) is 0 Å². The zero-order chi connectivity index (χ0) is 22.4. The number of fused-ring (bicyclic) bond motifs is 2. The summed E-state index contributed by atoms with van der Waals surface area (Å²) in [5, 5.41) is 11.9. The van der Waals surface area contributed by atoms with E-state index in [2.05, 4.69) is 27.8 Å². The van der Waals surface area contributed by atoms with E-state index in [4.69, 9.17) is 8.83 Å². The highest BCUT2D eigenvalue weighted by atomic mass is 79.9. The third-order valence-electron chi connectivity index (χ3n) is 6.10. The van der Waals surface area contributed by atoms with Gasteiger partial charge in [-0.1, -0.05) is 22.9 Å². The quantitative estimate of drug-likeness (QED) is 0.390. The second kappa shape index (κ2) is 8.22. The number of phenolic OH excluding ortho intramolecular Hbond substituents is 1. The molecule has 1 atom stereocenters. The number of halogens is 1. The Balaban J connectivity index is 1.70. The summed E-state index contributed by atoms with van der Waals surface area (Å²) >= 11 is 3.43. The predicted molar refractivity (Wildman–Crippen MR) is 127 cm³/mol. The number of hydrogen-bond acceptors (Lipinski definition) is 6. The van der Waals surface area contributed by atoms with Crippen molar-refractivity contribution in [2.45, 2.75) is 26.3 Å². The highest BCUT2D eigenvalue weighted by Gasteiger charge is 2.22. The van der Waals surface area contributed by atoms with E-state index in [0.29, 0.717) is 40.1 Å². The van der Waals surface area contributed by atoms with E-state index >= 15 is 0 Å². The van der Waals surface area contributed by atoms with Gasteiger partial charge in [0.15, 0.2) is 0 Å². The first kappa shape index (κ1) is 21.0. The maximum atomic E-state index is 12.8. The first-order valence-electron chi connectivity index (χ1n) is 10.6. The van der Waals surface area contributed by atoms with Gasteiger partial charge in [0.1, 0.15) is 16.9 Å². The Morgan fingerprint density at radius 2 is 1.94 bits per heavy atom. The summed E-state index contributed by atoms with van der Waals surface area (Å²) in [4.78, 5) is 27.6. The van der Waals surface area contributed by atoms with E-state index in [1.807, 2.05) is 6.07 Å². The summed E-state index contributed by atoms with van der Waals surface area (Å²) in [6.07, 6.45) is 2.28. The van der Waals surface area contributed by atoms with Crippen molar-refractivity contribution in [3.8, 4) is 16.9 Å². The van der Waals surface area contributed by atoms with Crippen LogP contribution in [0.3, 0.4) is 0 Å². The normalized spacial score (nSPS) is 17.2. The third-order valence-corrected chi connectivity index (χ3v) is 6.59. The molecule has 3 heterocycles. The van der Waals surface area contributed by atoms with Crippen molar-refractivity contribution >= 4 is 37.9 Å². The molecule has 0 spiro atoms. The minimum Gasteiger partial charge on any atom is -0.507 e. The fourth-order valence-electron chi connectivity index (χ4n) is 4.58. The number of piperidine rings is 1. The molecule has 1 aliphatic rings. The monoisotopic (exact) mass is 495 g/mol. The molecule has 1 aliphatic heterocycles. The molecule has 32 heavy (non-hydrogen) atoms. The summed E-state index contributed by atoms with van der Waals surface area (Å²) in [5.41, 5.74) is 0.915. The maximum Gasteiger partial charge on any atom is 0.344 e. The molecule has 164 valence electrons. The van der Waals surface area contributed by atoms with E-state index in [1.54, 1.807) is 30.3 Å². The number of nitrogens with zero attached hydrogens (tertiary/aromatic N) is 1. The zero-order valence-electron chi connectivity index (χ0n) is 17.6. The Bertz CT molecular complexity index is 1450. The van der Waals surface area contributed by atoms with E-state index in [9.17, 15) is 14.7 Å². The van der Waals surface area contributed by atoms with Gasteiger partial charge >= 0.3 is 11.3 Å². The van der Waals surface area contributed by atoms with Gasteiger partial charge in [-0.3, -0.25) is 4.90 Å². The van der Waals surface area contributed by atoms with Crippen molar-refractivity contribution in [1.29, 1.82) is 0 Å². The molecule has 0 amide bonds. The highest BCUT2D eigenvalue weighted by Crippen LogP contribution is 2.34. The van der Waals surface area contributed by atoms with Crippen LogP contribution in [0.15, 0.2) is 65.4 Å². The minimum atomic E-state index is -0.583. The summed E-state index contributed by atoms with van der Waals surface area (Å²) < 4.78 is 11.9. The molecule has 0 bridgehead atoms. The molecule has 4 aromatic rings. The molecule has 0 unspecified atom stereocenters. The van der Waals surface area contributed by atoms with E-state index < -0.39 is 11.3 Å². The summed E-state index contributed by atoms with van der Waals surface area (Å²) in [6.45, 7) is 4.53. The van der Waals surface area contributed by atoms with Crippen molar-refractivity contribution in [3.05, 3.63) is 73.3 Å². The van der Waals surface area contributed by atoms with Crippen LogP contribution in [0.1, 0.15) is 25.3 Å². The molecule has 7 heteroatoms. The standard InChI is InChI=1S/C25H22BrNO5/c1-14-3-2-8-27(12-14)13-20-21(28)6-5-17-18(11-23(29)32-24(17)20)19-10-15-9-16(26)4-7-22(15)31-25(19)30/h4-7,9-11,14,28H,2-3,8,12-13H2,1H3/t14-/m0/s1. The number of hydrogen-bond donors (Lipinski definition) is 1. The van der Waals surface area contributed by atoms with Crippen LogP contribution in [0.4, 0.5) is 0 Å². The van der Waals surface area contributed by atoms with Crippen LogP contribution in [-0.2, 0) is 6.54 Å². The third kappa shape index (κ3) is 3.87. The second-order valence-corrected chi connectivity index (χ2v) is 9.45. The van der Waals surface area contributed by atoms with Crippen molar-refractivity contribution in [2.24, 2.45) is 5.92 Å². The van der Waals surface area contributed by atoms with Gasteiger partial charge in [0.2, 0.25) is 0 Å². The minimum absolute atomic E-state index is 0.0745. The number of aromatic hydroxyl groups is 1. The lowest BCUT2D eigenvalue weighted by atomic mass is 9.97. The number of benzene rings is 2. The Labute approximate surface area is 192 Å². The van der Waals surface area contributed by atoms with E-state index in [0.717, 1.165) is 29.4 Å². The molecule has 0 aliphatic carbocycles. The van der Waals surface area contributed by atoms with Gasteiger partial charge in [-0.05, 0) is 61.7 Å². The number of rotatable bonds is 3. The van der Waals surface area contributed by atoms with E-state index in [-0.39, 0.29) is 11.3 Å². The molecule has 1 fully saturated rings. The van der Waals surface area contributed by atoms with Gasteiger partial charge in [0, 0.05) is 40.0 Å². The Morgan fingerprint density at radius 1 is 1.09 bits per heavy atom. The number of phenols is 1. The molecule has 0 radical (unpaired) electrons. The maximum absolute atomic E-state index is 12.8. The lowest BCUT2D eigenvalue weighted by Crippen LogP contribution is -2.33. The second-order valence-electron chi connectivity index (χ2n) is 8.53. The largest absolute Gasteiger partial charge is 0.507 e. The van der Waals surface area contributed by atoms with Crippen molar-refractivity contribution in [2.75, 3.05) is 13.1 Å². The van der Waals surface area contributed by atoms with Crippen LogP contribution in [0.25, 0.3) is 33.1 Å².